The molecule has 1 heterocycles. The van der Waals surface area contributed by atoms with Gasteiger partial charge in [0.1, 0.15) is 23.3 Å². The minimum Gasteiger partial charge on any atom is -0.497 e. The summed E-state index contributed by atoms with van der Waals surface area (Å²) in [6.45, 7) is 0.488. The van der Waals surface area contributed by atoms with E-state index in [0.29, 0.717) is 30.0 Å². The number of nitrogens with zero attached hydrogens (tertiary/aromatic N) is 3. The van der Waals surface area contributed by atoms with E-state index in [1.165, 1.54) is 12.4 Å². The third kappa shape index (κ3) is 4.83. The maximum atomic E-state index is 12.2. The number of methoxy groups -OCH3 is 1. The Hall–Kier alpha value is -3.92. The Labute approximate surface area is 163 Å². The minimum atomic E-state index is -0.287. The molecular weight excluding hydrogens is 354 g/mol. The van der Waals surface area contributed by atoms with Gasteiger partial charge in [0.25, 0.3) is 5.91 Å². The summed E-state index contributed by atoms with van der Waals surface area (Å²) in [5.74, 6) is 0.969. The molecule has 2 N–H and O–H groups in total. The molecular formula is C21H19N5O2. The molecule has 140 valence electrons. The molecule has 0 aliphatic rings. The van der Waals surface area contributed by atoms with E-state index in [-0.39, 0.29) is 11.6 Å². The van der Waals surface area contributed by atoms with Crippen molar-refractivity contribution < 1.29 is 9.53 Å². The summed E-state index contributed by atoms with van der Waals surface area (Å²) in [7, 11) is 1.62. The van der Waals surface area contributed by atoms with Crippen LogP contribution >= 0.6 is 0 Å². The minimum absolute atomic E-state index is 0.230. The molecule has 3 aromatic rings. The van der Waals surface area contributed by atoms with Crippen LogP contribution in [0.1, 0.15) is 21.6 Å². The van der Waals surface area contributed by atoms with E-state index in [2.05, 4.69) is 26.7 Å². The predicted molar refractivity (Wildman–Crippen MR) is 106 cm³/mol. The largest absolute Gasteiger partial charge is 0.497 e. The molecule has 0 spiro atoms. The molecule has 7 heteroatoms. The molecule has 7 nitrogen and oxygen atoms in total. The number of ether oxygens (including phenoxy) is 1. The summed E-state index contributed by atoms with van der Waals surface area (Å²) in [5.41, 5.74) is 2.47. The van der Waals surface area contributed by atoms with Crippen LogP contribution in [0.5, 0.6) is 5.75 Å². The number of rotatable bonds is 7. The number of carbonyl (C=O) groups excluding carboxylic acids is 1. The van der Waals surface area contributed by atoms with Crippen molar-refractivity contribution in [2.75, 3.05) is 19.0 Å². The van der Waals surface area contributed by atoms with Crippen molar-refractivity contribution >= 4 is 17.4 Å². The van der Waals surface area contributed by atoms with E-state index in [9.17, 15) is 4.79 Å². The summed E-state index contributed by atoms with van der Waals surface area (Å²) in [5, 5.41) is 15.0. The van der Waals surface area contributed by atoms with E-state index in [0.717, 1.165) is 11.3 Å². The highest BCUT2D eigenvalue weighted by atomic mass is 16.5. The van der Waals surface area contributed by atoms with E-state index in [1.807, 2.05) is 30.3 Å². The predicted octanol–water partition coefficient (Wildman–Crippen LogP) is 3.07. The lowest BCUT2D eigenvalue weighted by atomic mass is 10.1. The van der Waals surface area contributed by atoms with E-state index >= 15 is 0 Å². The molecule has 28 heavy (non-hydrogen) atoms. The maximum Gasteiger partial charge on any atom is 0.271 e. The number of nitriles is 1. The fourth-order valence-electron chi connectivity index (χ4n) is 2.54. The first kappa shape index (κ1) is 18.9. The van der Waals surface area contributed by atoms with Crippen LogP contribution in [0, 0.1) is 11.3 Å². The summed E-state index contributed by atoms with van der Waals surface area (Å²) in [6, 6.07) is 16.9. The molecule has 1 amide bonds. The number of nitrogens with one attached hydrogen (secondary N) is 2. The smallest absolute Gasteiger partial charge is 0.271 e. The standard InChI is InChI=1S/C21H19N5O2/c1-28-17-8-6-15(7-9-17)10-11-23-21(27)19-13-25-20(14-24-19)26-18-5-3-2-4-16(18)12-22/h2-9,13-14H,10-11H2,1H3,(H,23,27)(H,25,26). The Morgan fingerprint density at radius 1 is 1.11 bits per heavy atom. The van der Waals surface area contributed by atoms with E-state index < -0.39 is 0 Å². The topological polar surface area (TPSA) is 99.9 Å². The number of carbonyl (C=O) groups is 1. The first-order valence-electron chi connectivity index (χ1n) is 8.69. The van der Waals surface area contributed by atoms with Gasteiger partial charge in [-0.3, -0.25) is 4.79 Å². The summed E-state index contributed by atoms with van der Waals surface area (Å²) < 4.78 is 5.12. The molecule has 0 fully saturated rings. The third-order valence-electron chi connectivity index (χ3n) is 4.05. The number of benzene rings is 2. The summed E-state index contributed by atoms with van der Waals surface area (Å²) in [6.07, 6.45) is 3.57. The van der Waals surface area contributed by atoms with Crippen LogP contribution < -0.4 is 15.4 Å². The Morgan fingerprint density at radius 3 is 2.57 bits per heavy atom. The van der Waals surface area contributed by atoms with Gasteiger partial charge in [0.15, 0.2) is 0 Å². The van der Waals surface area contributed by atoms with Crippen molar-refractivity contribution in [1.82, 2.24) is 15.3 Å². The summed E-state index contributed by atoms with van der Waals surface area (Å²) in [4.78, 5) is 20.5. The van der Waals surface area contributed by atoms with Gasteiger partial charge >= 0.3 is 0 Å². The van der Waals surface area contributed by atoms with Gasteiger partial charge in [-0.15, -0.1) is 0 Å². The zero-order valence-corrected chi connectivity index (χ0v) is 15.3. The van der Waals surface area contributed by atoms with Gasteiger partial charge in [0.2, 0.25) is 0 Å². The van der Waals surface area contributed by atoms with Gasteiger partial charge in [0.05, 0.1) is 30.8 Å². The van der Waals surface area contributed by atoms with E-state index in [1.54, 1.807) is 25.3 Å². The zero-order chi connectivity index (χ0) is 19.8. The van der Waals surface area contributed by atoms with Crippen molar-refractivity contribution in [2.24, 2.45) is 0 Å². The molecule has 0 bridgehead atoms. The fraction of sp³-hybridized carbons (Fsp3) is 0.143. The molecule has 1 aromatic heterocycles. The van der Waals surface area contributed by atoms with Gasteiger partial charge in [-0.05, 0) is 36.2 Å². The van der Waals surface area contributed by atoms with E-state index in [4.69, 9.17) is 10.00 Å². The Bertz CT molecular complexity index is 979. The molecule has 0 saturated carbocycles. The second kappa shape index (κ2) is 9.14. The van der Waals surface area contributed by atoms with Crippen LogP contribution in [0.3, 0.4) is 0 Å². The highest BCUT2D eigenvalue weighted by Gasteiger charge is 2.08. The normalized spacial score (nSPS) is 10.0. The van der Waals surface area contributed by atoms with Gasteiger partial charge in [0, 0.05) is 6.54 Å². The monoisotopic (exact) mass is 373 g/mol. The average Bonchev–Trinajstić information content (AvgIpc) is 2.75. The fourth-order valence-corrected chi connectivity index (χ4v) is 2.54. The number of hydrogen-bond acceptors (Lipinski definition) is 6. The highest BCUT2D eigenvalue weighted by molar-refractivity contribution is 5.92. The molecule has 0 saturated heterocycles. The van der Waals surface area contributed by atoms with Crippen LogP contribution in [0.2, 0.25) is 0 Å². The van der Waals surface area contributed by atoms with Crippen LogP contribution in [0.15, 0.2) is 60.9 Å². The lowest BCUT2D eigenvalue weighted by molar-refractivity contribution is 0.0949. The number of hydrogen-bond donors (Lipinski definition) is 2. The molecule has 0 aliphatic carbocycles. The highest BCUT2D eigenvalue weighted by Crippen LogP contribution is 2.18. The molecule has 0 unspecified atom stereocenters. The quantitative estimate of drug-likeness (QED) is 0.660. The number of anilines is 2. The average molecular weight is 373 g/mol. The SMILES string of the molecule is COc1ccc(CCNC(=O)c2cnc(Nc3ccccc3C#N)cn2)cc1. The van der Waals surface area contributed by atoms with Crippen LogP contribution in [-0.4, -0.2) is 29.5 Å². The Balaban J connectivity index is 1.54. The second-order valence-corrected chi connectivity index (χ2v) is 5.92. The Kier molecular flexibility index (Phi) is 6.16. The lowest BCUT2D eigenvalue weighted by Gasteiger charge is -2.08. The Morgan fingerprint density at radius 2 is 1.89 bits per heavy atom. The number of amides is 1. The molecule has 0 aliphatic heterocycles. The number of para-hydroxylation sites is 1. The molecule has 2 aromatic carbocycles. The van der Waals surface area contributed by atoms with Crippen molar-refractivity contribution in [2.45, 2.75) is 6.42 Å². The lowest BCUT2D eigenvalue weighted by Crippen LogP contribution is -2.26. The van der Waals surface area contributed by atoms with Gasteiger partial charge in [-0.1, -0.05) is 24.3 Å². The number of aromatic nitrogens is 2. The van der Waals surface area contributed by atoms with Gasteiger partial charge < -0.3 is 15.4 Å². The first-order valence-corrected chi connectivity index (χ1v) is 8.69. The van der Waals surface area contributed by atoms with Crippen LogP contribution in [-0.2, 0) is 6.42 Å². The first-order chi connectivity index (χ1) is 13.7. The summed E-state index contributed by atoms with van der Waals surface area (Å²) >= 11 is 0. The van der Waals surface area contributed by atoms with Crippen molar-refractivity contribution in [3.05, 3.63) is 77.7 Å². The zero-order valence-electron chi connectivity index (χ0n) is 15.3. The van der Waals surface area contributed by atoms with Gasteiger partial charge in [-0.25, -0.2) is 9.97 Å². The van der Waals surface area contributed by atoms with Crippen LogP contribution in [0.25, 0.3) is 0 Å². The maximum absolute atomic E-state index is 12.2. The van der Waals surface area contributed by atoms with Crippen LogP contribution in [0.4, 0.5) is 11.5 Å². The molecule has 0 atom stereocenters. The van der Waals surface area contributed by atoms with Gasteiger partial charge in [-0.2, -0.15) is 5.26 Å². The third-order valence-corrected chi connectivity index (χ3v) is 4.05. The molecule has 3 rings (SSSR count). The van der Waals surface area contributed by atoms with Crippen molar-refractivity contribution in [3.8, 4) is 11.8 Å². The molecule has 0 radical (unpaired) electrons. The second-order valence-electron chi connectivity index (χ2n) is 5.92. The van der Waals surface area contributed by atoms with Crippen molar-refractivity contribution in [1.29, 1.82) is 5.26 Å². The van der Waals surface area contributed by atoms with Crippen molar-refractivity contribution in [3.63, 3.8) is 0 Å².